The molecule has 0 aliphatic carbocycles. The van der Waals surface area contributed by atoms with Crippen molar-refractivity contribution in [3.8, 4) is 0 Å². The Bertz CT molecular complexity index is 804. The molecule has 0 atom stereocenters. The Morgan fingerprint density at radius 1 is 1.37 bits per heavy atom. The summed E-state index contributed by atoms with van der Waals surface area (Å²) in [5.41, 5.74) is 2.85. The second-order valence-corrected chi connectivity index (χ2v) is 6.63. The van der Waals surface area contributed by atoms with Crippen molar-refractivity contribution >= 4 is 17.6 Å². The van der Waals surface area contributed by atoms with Gasteiger partial charge in [0.25, 0.3) is 0 Å². The van der Waals surface area contributed by atoms with Crippen molar-refractivity contribution in [1.29, 1.82) is 0 Å². The highest BCUT2D eigenvalue weighted by molar-refractivity contribution is 5.98. The van der Waals surface area contributed by atoms with Gasteiger partial charge in [-0.25, -0.2) is 0 Å². The predicted molar refractivity (Wildman–Crippen MR) is 103 cm³/mol. The third-order valence-corrected chi connectivity index (χ3v) is 4.66. The number of amides is 1. The van der Waals surface area contributed by atoms with E-state index in [-0.39, 0.29) is 5.91 Å². The standard InChI is InChI=1S/C18H27N7O2/c1-5-19-18(20-7-6-16-13(2)22-27-14(16)3)24-8-9-25(17(26)12-24)15-10-21-23(4)11-15/h10-11H,5-9,12H2,1-4H3,(H,19,20). The van der Waals surface area contributed by atoms with E-state index in [9.17, 15) is 4.79 Å². The number of nitrogens with one attached hydrogen (secondary N) is 1. The van der Waals surface area contributed by atoms with E-state index in [0.717, 1.165) is 48.2 Å². The van der Waals surface area contributed by atoms with Crippen LogP contribution in [-0.2, 0) is 18.3 Å². The summed E-state index contributed by atoms with van der Waals surface area (Å²) in [6.07, 6.45) is 4.34. The average Bonchev–Trinajstić information content (AvgIpc) is 3.20. The molecule has 0 bridgehead atoms. The molecule has 146 valence electrons. The fourth-order valence-corrected chi connectivity index (χ4v) is 3.23. The summed E-state index contributed by atoms with van der Waals surface area (Å²) in [6, 6.07) is 0. The van der Waals surface area contributed by atoms with Crippen molar-refractivity contribution < 1.29 is 9.32 Å². The van der Waals surface area contributed by atoms with Gasteiger partial charge in [-0.15, -0.1) is 0 Å². The molecule has 0 aromatic carbocycles. The van der Waals surface area contributed by atoms with Crippen LogP contribution in [0.3, 0.4) is 0 Å². The van der Waals surface area contributed by atoms with Gasteiger partial charge in [-0.05, 0) is 27.2 Å². The first-order valence-electron chi connectivity index (χ1n) is 9.23. The van der Waals surface area contributed by atoms with Crippen LogP contribution in [0, 0.1) is 13.8 Å². The summed E-state index contributed by atoms with van der Waals surface area (Å²) in [7, 11) is 1.85. The van der Waals surface area contributed by atoms with E-state index >= 15 is 0 Å². The highest BCUT2D eigenvalue weighted by Gasteiger charge is 2.27. The smallest absolute Gasteiger partial charge is 0.246 e. The number of piperazine rings is 1. The Kier molecular flexibility index (Phi) is 5.78. The van der Waals surface area contributed by atoms with Crippen molar-refractivity contribution in [3.63, 3.8) is 0 Å². The number of nitrogens with zero attached hydrogens (tertiary/aromatic N) is 6. The molecule has 27 heavy (non-hydrogen) atoms. The van der Waals surface area contributed by atoms with Gasteiger partial charge in [0.1, 0.15) is 12.3 Å². The lowest BCUT2D eigenvalue weighted by molar-refractivity contribution is -0.120. The number of carbonyl (C=O) groups excluding carboxylic acids is 1. The zero-order valence-corrected chi connectivity index (χ0v) is 16.4. The Morgan fingerprint density at radius 2 is 2.19 bits per heavy atom. The maximum Gasteiger partial charge on any atom is 0.246 e. The Hall–Kier alpha value is -2.84. The molecule has 9 nitrogen and oxygen atoms in total. The fourth-order valence-electron chi connectivity index (χ4n) is 3.23. The highest BCUT2D eigenvalue weighted by Crippen LogP contribution is 2.16. The lowest BCUT2D eigenvalue weighted by Crippen LogP contribution is -2.55. The molecule has 1 aliphatic heterocycles. The average molecular weight is 373 g/mol. The molecule has 9 heteroatoms. The monoisotopic (exact) mass is 373 g/mol. The second kappa shape index (κ2) is 8.24. The van der Waals surface area contributed by atoms with Crippen LogP contribution in [-0.4, -0.2) is 64.4 Å². The zero-order valence-electron chi connectivity index (χ0n) is 16.4. The van der Waals surface area contributed by atoms with Gasteiger partial charge in [0.2, 0.25) is 5.91 Å². The van der Waals surface area contributed by atoms with Gasteiger partial charge in [0, 0.05) is 45.0 Å². The second-order valence-electron chi connectivity index (χ2n) is 6.63. The summed E-state index contributed by atoms with van der Waals surface area (Å²) < 4.78 is 6.91. The largest absolute Gasteiger partial charge is 0.361 e. The van der Waals surface area contributed by atoms with Gasteiger partial charge in [-0.1, -0.05) is 5.16 Å². The molecular formula is C18H27N7O2. The van der Waals surface area contributed by atoms with Crippen molar-refractivity contribution in [1.82, 2.24) is 25.2 Å². The number of anilines is 1. The summed E-state index contributed by atoms with van der Waals surface area (Å²) in [6.45, 7) is 8.88. The molecular weight excluding hydrogens is 346 g/mol. The molecule has 3 heterocycles. The normalized spacial score (nSPS) is 15.6. The van der Waals surface area contributed by atoms with Crippen molar-refractivity contribution in [2.75, 3.05) is 37.6 Å². The van der Waals surface area contributed by atoms with Crippen LogP contribution >= 0.6 is 0 Å². The van der Waals surface area contributed by atoms with Crippen LogP contribution in [0.2, 0.25) is 0 Å². The number of carbonyl (C=O) groups is 1. The number of hydrogen-bond acceptors (Lipinski definition) is 5. The summed E-state index contributed by atoms with van der Waals surface area (Å²) >= 11 is 0. The molecule has 2 aromatic rings. The van der Waals surface area contributed by atoms with Crippen molar-refractivity contribution in [3.05, 3.63) is 29.4 Å². The summed E-state index contributed by atoms with van der Waals surface area (Å²) in [4.78, 5) is 21.1. The van der Waals surface area contributed by atoms with Gasteiger partial charge in [-0.2, -0.15) is 5.10 Å². The molecule has 1 saturated heterocycles. The molecule has 1 amide bonds. The number of guanidine groups is 1. The summed E-state index contributed by atoms with van der Waals surface area (Å²) in [5, 5.41) is 11.4. The maximum absolute atomic E-state index is 12.6. The van der Waals surface area contributed by atoms with Crippen molar-refractivity contribution in [2.45, 2.75) is 27.2 Å². The minimum atomic E-state index is 0.0468. The number of aromatic nitrogens is 3. The van der Waals surface area contributed by atoms with Crippen LogP contribution in [0.1, 0.15) is 23.9 Å². The molecule has 0 spiro atoms. The van der Waals surface area contributed by atoms with E-state index in [1.165, 1.54) is 0 Å². The lowest BCUT2D eigenvalue weighted by Gasteiger charge is -2.35. The maximum atomic E-state index is 12.6. The van der Waals surface area contributed by atoms with Gasteiger partial charge in [0.15, 0.2) is 5.96 Å². The zero-order chi connectivity index (χ0) is 19.4. The highest BCUT2D eigenvalue weighted by atomic mass is 16.5. The number of hydrogen-bond donors (Lipinski definition) is 1. The number of rotatable bonds is 5. The number of aliphatic imine (C=N–C) groups is 1. The van der Waals surface area contributed by atoms with Gasteiger partial charge < -0.3 is 19.6 Å². The van der Waals surface area contributed by atoms with E-state index in [4.69, 9.17) is 9.52 Å². The minimum Gasteiger partial charge on any atom is -0.361 e. The van der Waals surface area contributed by atoms with E-state index in [1.807, 2.05) is 38.9 Å². The quantitative estimate of drug-likeness (QED) is 0.618. The first-order chi connectivity index (χ1) is 13.0. The van der Waals surface area contributed by atoms with Gasteiger partial charge >= 0.3 is 0 Å². The van der Waals surface area contributed by atoms with Crippen LogP contribution in [0.4, 0.5) is 5.69 Å². The topological polar surface area (TPSA) is 91.8 Å². The fraction of sp³-hybridized carbons (Fsp3) is 0.556. The minimum absolute atomic E-state index is 0.0468. The summed E-state index contributed by atoms with van der Waals surface area (Å²) in [5.74, 6) is 1.65. The lowest BCUT2D eigenvalue weighted by atomic mass is 10.1. The van der Waals surface area contributed by atoms with Crippen LogP contribution in [0.15, 0.2) is 21.9 Å². The molecule has 0 unspecified atom stereocenters. The number of aryl methyl sites for hydroxylation is 3. The van der Waals surface area contributed by atoms with E-state index < -0.39 is 0 Å². The molecule has 0 saturated carbocycles. The van der Waals surface area contributed by atoms with E-state index in [1.54, 1.807) is 15.8 Å². The molecule has 1 fully saturated rings. The van der Waals surface area contributed by atoms with Crippen molar-refractivity contribution in [2.24, 2.45) is 12.0 Å². The van der Waals surface area contributed by atoms with E-state index in [0.29, 0.717) is 19.6 Å². The first-order valence-corrected chi connectivity index (χ1v) is 9.23. The molecule has 2 aromatic heterocycles. The predicted octanol–water partition coefficient (Wildman–Crippen LogP) is 0.882. The van der Waals surface area contributed by atoms with Crippen LogP contribution in [0.5, 0.6) is 0 Å². The molecule has 3 rings (SSSR count). The SMILES string of the molecule is CCNC(=NCCc1c(C)noc1C)N1CCN(c2cnn(C)c2)C(=O)C1. The van der Waals surface area contributed by atoms with Crippen LogP contribution < -0.4 is 10.2 Å². The van der Waals surface area contributed by atoms with E-state index in [2.05, 4.69) is 15.6 Å². The molecule has 0 radical (unpaired) electrons. The Morgan fingerprint density at radius 3 is 2.78 bits per heavy atom. The van der Waals surface area contributed by atoms with Crippen LogP contribution in [0.25, 0.3) is 0 Å². The van der Waals surface area contributed by atoms with Gasteiger partial charge in [0.05, 0.1) is 17.6 Å². The third kappa shape index (κ3) is 4.29. The Balaban J connectivity index is 1.64. The third-order valence-electron chi connectivity index (χ3n) is 4.66. The molecule has 1 N–H and O–H groups in total. The van der Waals surface area contributed by atoms with Gasteiger partial charge in [-0.3, -0.25) is 14.5 Å². The molecule has 1 aliphatic rings. The first kappa shape index (κ1) is 18.9. The Labute approximate surface area is 159 Å².